The number of para-hydroxylation sites is 1. The van der Waals surface area contributed by atoms with Gasteiger partial charge < -0.3 is 21.5 Å². The lowest BCUT2D eigenvalue weighted by atomic mass is 9.83. The van der Waals surface area contributed by atoms with Crippen molar-refractivity contribution in [2.24, 2.45) is 22.6 Å². The molecule has 1 fully saturated rings. The summed E-state index contributed by atoms with van der Waals surface area (Å²) in [7, 11) is 0. The van der Waals surface area contributed by atoms with Crippen molar-refractivity contribution in [2.75, 3.05) is 18.4 Å². The Bertz CT molecular complexity index is 795. The number of imide groups is 1. The molecular weight excluding hydrogens is 366 g/mol. The molecule has 0 aromatic heterocycles. The number of nitrogens with one attached hydrogen (secondary N) is 2. The number of amides is 2. The van der Waals surface area contributed by atoms with E-state index in [9.17, 15) is 14.7 Å². The Morgan fingerprint density at radius 1 is 1.30 bits per heavy atom. The number of carbonyl (C=O) groups excluding carboxylic acids is 2. The van der Waals surface area contributed by atoms with E-state index in [-0.39, 0.29) is 36.0 Å². The van der Waals surface area contributed by atoms with E-state index in [0.29, 0.717) is 6.42 Å². The zero-order chi connectivity index (χ0) is 19.4. The molecule has 1 saturated heterocycles. The van der Waals surface area contributed by atoms with Crippen molar-refractivity contribution in [3.63, 3.8) is 0 Å². The SMILES string of the molecule is NC(=NCCN1C(=O)C2CC=CC(O)C2C1=O)NC(=S)Nc1ccccc1. The summed E-state index contributed by atoms with van der Waals surface area (Å²) in [5.74, 6) is -1.72. The van der Waals surface area contributed by atoms with Crippen LogP contribution < -0.4 is 16.4 Å². The molecule has 1 aromatic rings. The van der Waals surface area contributed by atoms with Gasteiger partial charge in [-0.1, -0.05) is 30.4 Å². The Morgan fingerprint density at radius 3 is 2.74 bits per heavy atom. The molecule has 1 aliphatic heterocycles. The van der Waals surface area contributed by atoms with E-state index in [2.05, 4.69) is 15.6 Å². The third kappa shape index (κ3) is 4.32. The normalized spacial score (nSPS) is 24.7. The lowest BCUT2D eigenvalue weighted by molar-refractivity contribution is -0.140. The van der Waals surface area contributed by atoms with E-state index in [1.807, 2.05) is 30.3 Å². The maximum absolute atomic E-state index is 12.4. The predicted octanol–water partition coefficient (Wildman–Crippen LogP) is 0.210. The summed E-state index contributed by atoms with van der Waals surface area (Å²) in [4.78, 5) is 30.1. The highest BCUT2D eigenvalue weighted by molar-refractivity contribution is 7.80. The molecule has 3 rings (SSSR count). The van der Waals surface area contributed by atoms with E-state index < -0.39 is 17.9 Å². The van der Waals surface area contributed by atoms with Crippen LogP contribution in [0.2, 0.25) is 0 Å². The first-order chi connectivity index (χ1) is 13.0. The minimum atomic E-state index is -0.915. The zero-order valence-electron chi connectivity index (χ0n) is 14.5. The van der Waals surface area contributed by atoms with Crippen LogP contribution in [0.4, 0.5) is 5.69 Å². The summed E-state index contributed by atoms with van der Waals surface area (Å²) in [6.45, 7) is 0.256. The fourth-order valence-electron chi connectivity index (χ4n) is 3.26. The third-order valence-electron chi connectivity index (χ3n) is 4.54. The Kier molecular flexibility index (Phi) is 5.82. The molecule has 2 amide bonds. The summed E-state index contributed by atoms with van der Waals surface area (Å²) in [6.07, 6.45) is 2.86. The number of thiocarbonyl (C=S) groups is 1. The largest absolute Gasteiger partial charge is 0.388 e. The number of carbonyl (C=O) groups is 2. The molecule has 9 heteroatoms. The molecular formula is C18H21N5O3S. The average Bonchev–Trinajstić information content (AvgIpc) is 2.88. The first-order valence-corrected chi connectivity index (χ1v) is 9.01. The Hall–Kier alpha value is -2.78. The molecule has 2 aliphatic rings. The molecule has 1 aromatic carbocycles. The number of benzene rings is 1. The van der Waals surface area contributed by atoms with Crippen LogP contribution in [0, 0.1) is 11.8 Å². The zero-order valence-corrected chi connectivity index (χ0v) is 15.4. The van der Waals surface area contributed by atoms with Crippen molar-refractivity contribution in [1.82, 2.24) is 10.2 Å². The second-order valence-corrected chi connectivity index (χ2v) is 6.74. The maximum Gasteiger partial charge on any atom is 0.236 e. The van der Waals surface area contributed by atoms with Crippen LogP contribution in [0.1, 0.15) is 6.42 Å². The van der Waals surface area contributed by atoms with Crippen LogP contribution >= 0.6 is 12.2 Å². The van der Waals surface area contributed by atoms with Crippen molar-refractivity contribution in [3.8, 4) is 0 Å². The van der Waals surface area contributed by atoms with Crippen LogP contribution in [-0.4, -0.2) is 52.1 Å². The van der Waals surface area contributed by atoms with E-state index >= 15 is 0 Å². The number of aliphatic hydroxyl groups excluding tert-OH is 1. The van der Waals surface area contributed by atoms with Gasteiger partial charge in [0.2, 0.25) is 11.8 Å². The molecule has 0 spiro atoms. The molecule has 3 atom stereocenters. The Balaban J connectivity index is 1.50. The summed E-state index contributed by atoms with van der Waals surface area (Å²) in [5.41, 5.74) is 6.61. The quantitative estimate of drug-likeness (QED) is 0.192. The van der Waals surface area contributed by atoms with Crippen LogP contribution in [0.3, 0.4) is 0 Å². The smallest absolute Gasteiger partial charge is 0.236 e. The van der Waals surface area contributed by atoms with Gasteiger partial charge in [0.1, 0.15) is 0 Å². The van der Waals surface area contributed by atoms with Crippen LogP contribution in [-0.2, 0) is 9.59 Å². The van der Waals surface area contributed by atoms with Crippen molar-refractivity contribution < 1.29 is 14.7 Å². The third-order valence-corrected chi connectivity index (χ3v) is 4.74. The number of aliphatic hydroxyl groups is 1. The Morgan fingerprint density at radius 2 is 2.04 bits per heavy atom. The van der Waals surface area contributed by atoms with Gasteiger partial charge in [0.05, 0.1) is 24.5 Å². The topological polar surface area (TPSA) is 120 Å². The van der Waals surface area contributed by atoms with E-state index in [1.165, 1.54) is 0 Å². The van der Waals surface area contributed by atoms with Crippen molar-refractivity contribution in [2.45, 2.75) is 12.5 Å². The number of guanidine groups is 1. The number of nitrogens with zero attached hydrogens (tertiary/aromatic N) is 2. The van der Waals surface area contributed by atoms with Gasteiger partial charge in [-0.25, -0.2) is 0 Å². The fourth-order valence-corrected chi connectivity index (χ4v) is 3.48. The van der Waals surface area contributed by atoms with Gasteiger partial charge in [-0.05, 0) is 30.8 Å². The molecule has 27 heavy (non-hydrogen) atoms. The van der Waals surface area contributed by atoms with Gasteiger partial charge in [0, 0.05) is 12.2 Å². The van der Waals surface area contributed by atoms with Gasteiger partial charge in [0.15, 0.2) is 11.1 Å². The Labute approximate surface area is 162 Å². The van der Waals surface area contributed by atoms with Crippen LogP contribution in [0.25, 0.3) is 0 Å². The second kappa shape index (κ2) is 8.28. The fraction of sp³-hybridized carbons (Fsp3) is 0.333. The summed E-state index contributed by atoms with van der Waals surface area (Å²) in [5, 5.41) is 15.9. The van der Waals surface area contributed by atoms with Gasteiger partial charge in [-0.2, -0.15) is 0 Å². The van der Waals surface area contributed by atoms with Crippen LogP contribution in [0.5, 0.6) is 0 Å². The molecule has 3 unspecified atom stereocenters. The van der Waals surface area contributed by atoms with Gasteiger partial charge >= 0.3 is 0 Å². The van der Waals surface area contributed by atoms with E-state index in [4.69, 9.17) is 18.0 Å². The van der Waals surface area contributed by atoms with Gasteiger partial charge in [-0.15, -0.1) is 0 Å². The van der Waals surface area contributed by atoms with Crippen molar-refractivity contribution in [1.29, 1.82) is 0 Å². The number of fused-ring (bicyclic) bond motifs is 1. The number of likely N-dealkylation sites (tertiary alicyclic amines) is 1. The number of aliphatic imine (C=N–C) groups is 1. The number of anilines is 1. The lowest BCUT2D eigenvalue weighted by Gasteiger charge is -2.21. The number of rotatable bonds is 4. The number of allylic oxidation sites excluding steroid dienone is 1. The first-order valence-electron chi connectivity index (χ1n) is 8.60. The van der Waals surface area contributed by atoms with Gasteiger partial charge in [0.25, 0.3) is 0 Å². The highest BCUT2D eigenvalue weighted by atomic mass is 32.1. The lowest BCUT2D eigenvalue weighted by Crippen LogP contribution is -2.40. The standard InChI is InChI=1S/C18H21N5O3S/c19-17(22-18(27)21-11-5-2-1-3-6-11)20-9-10-23-15(25)12-7-4-8-13(24)14(12)16(23)26/h1-6,8,12-14,24H,7,9-10H2,(H4,19,20,21,22,27). The molecule has 5 N–H and O–H groups in total. The number of hydrogen-bond donors (Lipinski definition) is 4. The van der Waals surface area contributed by atoms with E-state index in [1.54, 1.807) is 12.2 Å². The summed E-state index contributed by atoms with van der Waals surface area (Å²) in [6, 6.07) is 9.35. The first kappa shape index (κ1) is 19.0. The van der Waals surface area contributed by atoms with Gasteiger partial charge in [-0.3, -0.25) is 19.5 Å². The number of hydrogen-bond acceptors (Lipinski definition) is 5. The second-order valence-electron chi connectivity index (χ2n) is 6.33. The summed E-state index contributed by atoms with van der Waals surface area (Å²) < 4.78 is 0. The highest BCUT2D eigenvalue weighted by Crippen LogP contribution is 2.35. The average molecular weight is 387 g/mol. The predicted molar refractivity (Wildman–Crippen MR) is 106 cm³/mol. The molecule has 0 bridgehead atoms. The minimum Gasteiger partial charge on any atom is -0.388 e. The van der Waals surface area contributed by atoms with Crippen LogP contribution in [0.15, 0.2) is 47.5 Å². The highest BCUT2D eigenvalue weighted by Gasteiger charge is 2.50. The molecule has 0 radical (unpaired) electrons. The maximum atomic E-state index is 12.4. The molecule has 1 aliphatic carbocycles. The molecule has 142 valence electrons. The van der Waals surface area contributed by atoms with Crippen molar-refractivity contribution >= 4 is 40.8 Å². The minimum absolute atomic E-state index is 0.0849. The monoisotopic (exact) mass is 387 g/mol. The molecule has 1 heterocycles. The number of nitrogens with two attached hydrogens (primary N) is 1. The summed E-state index contributed by atoms with van der Waals surface area (Å²) >= 11 is 5.15. The van der Waals surface area contributed by atoms with E-state index in [0.717, 1.165) is 10.6 Å². The molecule has 8 nitrogen and oxygen atoms in total. The molecule has 0 saturated carbocycles. The van der Waals surface area contributed by atoms with Crippen molar-refractivity contribution in [3.05, 3.63) is 42.5 Å².